The van der Waals surface area contributed by atoms with Crippen LogP contribution in [-0.2, 0) is 26.5 Å². The summed E-state index contributed by atoms with van der Waals surface area (Å²) in [7, 11) is -2.10. The topological polar surface area (TPSA) is 95.7 Å². The molecule has 2 aromatic rings. The Labute approximate surface area is 166 Å². The molecule has 0 aliphatic carbocycles. The van der Waals surface area contributed by atoms with Gasteiger partial charge in [-0.2, -0.15) is 13.2 Å². The van der Waals surface area contributed by atoms with Gasteiger partial charge in [0.2, 0.25) is 0 Å². The first-order valence-corrected chi connectivity index (χ1v) is 9.40. The Morgan fingerprint density at radius 2 is 1.83 bits per heavy atom. The van der Waals surface area contributed by atoms with Gasteiger partial charge in [0.15, 0.2) is 6.10 Å². The van der Waals surface area contributed by atoms with Crippen molar-refractivity contribution in [1.29, 1.82) is 0 Å². The minimum atomic E-state index is -4.76. The summed E-state index contributed by atoms with van der Waals surface area (Å²) in [6.07, 6.45) is -5.65. The third-order valence-corrected chi connectivity index (χ3v) is 5.10. The molecule has 0 spiro atoms. The summed E-state index contributed by atoms with van der Waals surface area (Å²) in [6.45, 7) is 3.32. The van der Waals surface area contributed by atoms with Gasteiger partial charge < -0.3 is 9.47 Å². The van der Waals surface area contributed by atoms with E-state index < -0.39 is 45.2 Å². The molecule has 0 aliphatic rings. The fourth-order valence-electron chi connectivity index (χ4n) is 2.27. The third kappa shape index (κ3) is 5.53. The molecular weight excluding hydrogens is 415 g/mol. The molecule has 0 saturated carbocycles. The lowest BCUT2D eigenvalue weighted by molar-refractivity contribution is -0.388. The van der Waals surface area contributed by atoms with Gasteiger partial charge in [0, 0.05) is 11.0 Å². The van der Waals surface area contributed by atoms with Gasteiger partial charge in [-0.25, -0.2) is 9.00 Å². The van der Waals surface area contributed by atoms with Gasteiger partial charge in [-0.05, 0) is 50.2 Å². The molecular formula is C18H16F3NO6S. The van der Waals surface area contributed by atoms with Crippen molar-refractivity contribution in [3.8, 4) is 5.75 Å². The van der Waals surface area contributed by atoms with E-state index in [2.05, 4.69) is 0 Å². The zero-order valence-electron chi connectivity index (χ0n) is 15.3. The average molecular weight is 431 g/mol. The van der Waals surface area contributed by atoms with Crippen LogP contribution in [0.25, 0.3) is 0 Å². The van der Waals surface area contributed by atoms with Crippen LogP contribution in [0.2, 0.25) is 0 Å². The van der Waals surface area contributed by atoms with E-state index in [1.807, 2.05) is 0 Å². The van der Waals surface area contributed by atoms with Crippen LogP contribution in [0.1, 0.15) is 19.4 Å². The number of rotatable bonds is 7. The van der Waals surface area contributed by atoms with Crippen molar-refractivity contribution in [2.45, 2.75) is 35.9 Å². The number of esters is 1. The molecule has 0 amide bonds. The van der Waals surface area contributed by atoms with Crippen LogP contribution in [0.4, 0.5) is 18.9 Å². The summed E-state index contributed by atoms with van der Waals surface area (Å²) in [5.41, 5.74) is -2.10. The summed E-state index contributed by atoms with van der Waals surface area (Å²) >= 11 is 0. The summed E-state index contributed by atoms with van der Waals surface area (Å²) in [5.74, 6) is -0.311. The van der Waals surface area contributed by atoms with E-state index >= 15 is 0 Å². The van der Waals surface area contributed by atoms with Crippen LogP contribution in [0.3, 0.4) is 0 Å². The van der Waals surface area contributed by atoms with E-state index in [1.165, 1.54) is 31.2 Å². The van der Waals surface area contributed by atoms with Crippen LogP contribution in [0.15, 0.2) is 52.3 Å². The summed E-state index contributed by atoms with van der Waals surface area (Å²) < 4.78 is 61.2. The third-order valence-electron chi connectivity index (χ3n) is 3.65. The van der Waals surface area contributed by atoms with Gasteiger partial charge in [-0.1, -0.05) is 0 Å². The summed E-state index contributed by atoms with van der Waals surface area (Å²) in [5, 5.41) is 11.2. The second-order valence-electron chi connectivity index (χ2n) is 5.69. The molecule has 7 nitrogen and oxygen atoms in total. The van der Waals surface area contributed by atoms with E-state index in [-0.39, 0.29) is 22.1 Å². The van der Waals surface area contributed by atoms with Crippen LogP contribution in [0, 0.1) is 10.1 Å². The Kier molecular flexibility index (Phi) is 6.96. The maximum atomic E-state index is 12.8. The number of nitro benzene ring substituents is 1. The van der Waals surface area contributed by atoms with Gasteiger partial charge >= 0.3 is 12.1 Å². The van der Waals surface area contributed by atoms with Crippen molar-refractivity contribution in [1.82, 2.24) is 0 Å². The van der Waals surface area contributed by atoms with Crippen LogP contribution < -0.4 is 4.74 Å². The van der Waals surface area contributed by atoms with Crippen molar-refractivity contribution < 1.29 is 36.6 Å². The van der Waals surface area contributed by atoms with Gasteiger partial charge in [0.25, 0.3) is 5.69 Å². The molecule has 2 rings (SSSR count). The van der Waals surface area contributed by atoms with Crippen molar-refractivity contribution >= 4 is 22.5 Å². The molecule has 156 valence electrons. The molecule has 0 heterocycles. The SMILES string of the molecule is CCOC(=O)C(C)Oc1ccc(S(=O)c2ccc(C(F)(F)F)cc2[N+](=O)[O-])cc1. The van der Waals surface area contributed by atoms with E-state index in [1.54, 1.807) is 6.92 Å². The lowest BCUT2D eigenvalue weighted by atomic mass is 10.2. The molecule has 29 heavy (non-hydrogen) atoms. The predicted molar refractivity (Wildman–Crippen MR) is 95.9 cm³/mol. The van der Waals surface area contributed by atoms with Gasteiger partial charge in [-0.3, -0.25) is 10.1 Å². The first-order valence-electron chi connectivity index (χ1n) is 8.25. The fourth-order valence-corrected chi connectivity index (χ4v) is 3.43. The minimum Gasteiger partial charge on any atom is -0.479 e. The second-order valence-corrected chi connectivity index (χ2v) is 7.14. The van der Waals surface area contributed by atoms with Gasteiger partial charge in [-0.15, -0.1) is 0 Å². The maximum absolute atomic E-state index is 12.8. The highest BCUT2D eigenvalue weighted by Crippen LogP contribution is 2.35. The highest BCUT2D eigenvalue weighted by Gasteiger charge is 2.34. The Morgan fingerprint density at radius 3 is 2.34 bits per heavy atom. The molecule has 0 bridgehead atoms. The molecule has 11 heteroatoms. The molecule has 0 aliphatic heterocycles. The van der Waals surface area contributed by atoms with Crippen LogP contribution in [0.5, 0.6) is 5.75 Å². The molecule has 0 N–H and O–H groups in total. The molecule has 2 atom stereocenters. The number of hydrogen-bond acceptors (Lipinski definition) is 6. The normalized spacial score (nSPS) is 13.4. The molecule has 2 aromatic carbocycles. The van der Waals surface area contributed by atoms with Crippen molar-refractivity contribution in [3.63, 3.8) is 0 Å². The lowest BCUT2D eigenvalue weighted by Gasteiger charge is -2.13. The number of halogens is 3. The highest BCUT2D eigenvalue weighted by atomic mass is 32.2. The number of carbonyl (C=O) groups excluding carboxylic acids is 1. The maximum Gasteiger partial charge on any atom is 0.416 e. The standard InChI is InChI=1S/C18H16F3NO6S/c1-3-27-17(23)11(2)28-13-5-7-14(8-6-13)29(26)16-9-4-12(18(19,20)21)10-15(16)22(24)25/h4-11H,3H2,1-2H3. The first kappa shape index (κ1) is 22.3. The number of benzene rings is 2. The van der Waals surface area contributed by atoms with Gasteiger partial charge in [0.1, 0.15) is 10.6 Å². The highest BCUT2D eigenvalue weighted by molar-refractivity contribution is 7.85. The average Bonchev–Trinajstić information content (AvgIpc) is 2.67. The number of ether oxygens (including phenoxy) is 2. The lowest BCUT2D eigenvalue weighted by Crippen LogP contribution is -2.26. The van der Waals surface area contributed by atoms with Crippen molar-refractivity contribution in [2.24, 2.45) is 0 Å². The fraction of sp³-hybridized carbons (Fsp3) is 0.278. The molecule has 0 aromatic heterocycles. The number of alkyl halides is 3. The van der Waals surface area contributed by atoms with Crippen LogP contribution >= 0.6 is 0 Å². The van der Waals surface area contributed by atoms with E-state index in [9.17, 15) is 32.3 Å². The smallest absolute Gasteiger partial charge is 0.416 e. The summed E-state index contributed by atoms with van der Waals surface area (Å²) in [6, 6.07) is 7.27. The van der Waals surface area contributed by atoms with Crippen molar-refractivity contribution in [3.05, 3.63) is 58.1 Å². The number of hydrogen-bond donors (Lipinski definition) is 0. The van der Waals surface area contributed by atoms with E-state index in [0.717, 1.165) is 6.07 Å². The second kappa shape index (κ2) is 9.03. The van der Waals surface area contributed by atoms with Crippen molar-refractivity contribution in [2.75, 3.05) is 6.61 Å². The van der Waals surface area contributed by atoms with Crippen LogP contribution in [-0.4, -0.2) is 27.8 Å². The molecule has 0 fully saturated rings. The summed E-state index contributed by atoms with van der Waals surface area (Å²) in [4.78, 5) is 21.5. The molecule has 0 saturated heterocycles. The number of carbonyl (C=O) groups is 1. The molecule has 0 radical (unpaired) electrons. The van der Waals surface area contributed by atoms with Gasteiger partial charge in [0.05, 0.1) is 27.9 Å². The van der Waals surface area contributed by atoms with E-state index in [0.29, 0.717) is 12.1 Å². The predicted octanol–water partition coefficient (Wildman–Crippen LogP) is 4.11. The first-order chi connectivity index (χ1) is 13.5. The molecule has 2 unspecified atom stereocenters. The Morgan fingerprint density at radius 1 is 1.21 bits per heavy atom. The Balaban J connectivity index is 2.26. The Bertz CT molecular complexity index is 930. The zero-order valence-corrected chi connectivity index (χ0v) is 16.1. The number of nitrogens with zero attached hydrogens (tertiary/aromatic N) is 1. The largest absolute Gasteiger partial charge is 0.479 e. The number of nitro groups is 1. The van der Waals surface area contributed by atoms with E-state index in [4.69, 9.17) is 9.47 Å². The monoisotopic (exact) mass is 431 g/mol. The zero-order chi connectivity index (χ0) is 21.8. The minimum absolute atomic E-state index is 0.115. The quantitative estimate of drug-likeness (QED) is 0.372. The Hall–Kier alpha value is -2.95.